The van der Waals surface area contributed by atoms with Crippen molar-refractivity contribution in [2.45, 2.75) is 105 Å². The van der Waals surface area contributed by atoms with Crippen molar-refractivity contribution in [3.63, 3.8) is 0 Å². The van der Waals surface area contributed by atoms with Gasteiger partial charge in [0, 0.05) is 17.1 Å². The predicted molar refractivity (Wildman–Crippen MR) is 401 cm³/mol. The first-order valence-electron chi connectivity index (χ1n) is 33.8. The third kappa shape index (κ3) is 8.54. The molecule has 0 atom stereocenters. The Morgan fingerprint density at radius 3 is 0.710 bits per heavy atom. The van der Waals surface area contributed by atoms with Crippen LogP contribution in [0.2, 0.25) is 0 Å². The molecular weight excluding hydrogens is 1120 g/mol. The minimum absolute atomic E-state index is 0.0947. The maximum atomic E-state index is 2.83. The zero-order valence-electron chi connectivity index (χ0n) is 56.1. The molecule has 0 unspecified atom stereocenters. The Balaban J connectivity index is 1.14. The normalized spacial score (nSPS) is 16.8. The van der Waals surface area contributed by atoms with Gasteiger partial charge in [0.1, 0.15) is 0 Å². The number of hydrogen-bond acceptors (Lipinski definition) is 1. The average molecular weight is 1200 g/mol. The van der Waals surface area contributed by atoms with Crippen molar-refractivity contribution in [3.8, 4) is 77.9 Å². The molecule has 93 heavy (non-hydrogen) atoms. The molecule has 452 valence electrons. The molecule has 2 heterocycles. The number of nitrogens with zero attached hydrogens (tertiary/aromatic N) is 1. The van der Waals surface area contributed by atoms with Crippen molar-refractivity contribution >= 4 is 63.3 Å². The lowest BCUT2D eigenvalue weighted by molar-refractivity contribution is 0.125. The Kier molecular flexibility index (Phi) is 13.3. The molecule has 0 amide bonds. The van der Waals surface area contributed by atoms with Gasteiger partial charge in [-0.2, -0.15) is 0 Å². The fourth-order valence-corrected chi connectivity index (χ4v) is 17.5. The van der Waals surface area contributed by atoms with Gasteiger partial charge in [-0.1, -0.05) is 331 Å². The lowest BCUT2D eigenvalue weighted by Crippen LogP contribution is -2.66. The molecule has 12 aromatic carbocycles. The molecule has 0 N–H and O–H groups in total. The monoisotopic (exact) mass is 1200 g/mol. The molecule has 4 aliphatic rings. The van der Waals surface area contributed by atoms with Gasteiger partial charge in [-0.25, -0.2) is 0 Å². The third-order valence-corrected chi connectivity index (χ3v) is 25.0. The van der Waals surface area contributed by atoms with Crippen LogP contribution in [0.5, 0.6) is 0 Å². The Bertz CT molecular complexity index is 4520. The Morgan fingerprint density at radius 2 is 0.452 bits per heavy atom. The van der Waals surface area contributed by atoms with Crippen LogP contribution in [0.25, 0.3) is 77.9 Å². The molecule has 3 heteroatoms. The number of fused-ring (bicyclic) bond motifs is 6. The lowest BCUT2D eigenvalue weighted by atomic mass is 9.28. The van der Waals surface area contributed by atoms with Gasteiger partial charge < -0.3 is 4.90 Å². The van der Waals surface area contributed by atoms with Gasteiger partial charge in [0.25, 0.3) is 0 Å². The van der Waals surface area contributed by atoms with Crippen molar-refractivity contribution in [2.24, 2.45) is 10.8 Å². The smallest absolute Gasteiger partial charge is 0.248 e. The van der Waals surface area contributed by atoms with Crippen LogP contribution in [0, 0.1) is 10.8 Å². The van der Waals surface area contributed by atoms with Crippen LogP contribution in [-0.4, -0.2) is 13.4 Å². The molecule has 12 aromatic rings. The van der Waals surface area contributed by atoms with Gasteiger partial charge in [-0.05, 0) is 191 Å². The minimum Gasteiger partial charge on any atom is -0.313 e. The fraction of sp³-hybridized carbons (Fsp3) is 0.200. The SMILES string of the molecule is CC1(C)c2cc3c(cc2C(C)(C)C1(C)C)N1c2cc4c(cc2B(c2c(-c5ccccc5)cc(-c5ccccc5)cc2-c2ccccc2)c2cc(-c5ccccc5)cc(c21)B3c1c(-c2ccccc2)cc(-c2ccccc2)cc1-c1ccccc1)C(C)(C)C(C)(C)C4(C)C. The zero-order valence-corrected chi connectivity index (χ0v) is 56.1. The van der Waals surface area contributed by atoms with E-state index < -0.39 is 0 Å². The number of anilines is 3. The van der Waals surface area contributed by atoms with E-state index in [1.165, 1.54) is 150 Å². The van der Waals surface area contributed by atoms with Crippen molar-refractivity contribution in [1.29, 1.82) is 0 Å². The van der Waals surface area contributed by atoms with Gasteiger partial charge in [-0.3, -0.25) is 0 Å². The molecule has 0 aromatic heterocycles. The summed E-state index contributed by atoms with van der Waals surface area (Å²) in [5.74, 6) is 0. The summed E-state index contributed by atoms with van der Waals surface area (Å²) < 4.78 is 0. The van der Waals surface area contributed by atoms with Gasteiger partial charge >= 0.3 is 0 Å². The number of benzene rings is 12. The fourth-order valence-electron chi connectivity index (χ4n) is 17.5. The Hall–Kier alpha value is -9.43. The summed E-state index contributed by atoms with van der Waals surface area (Å²) in [5, 5.41) is 0. The molecule has 0 radical (unpaired) electrons. The van der Waals surface area contributed by atoms with Crippen molar-refractivity contribution < 1.29 is 0 Å². The first-order chi connectivity index (χ1) is 44.7. The summed E-state index contributed by atoms with van der Waals surface area (Å²) in [7, 11) is 0. The van der Waals surface area contributed by atoms with E-state index in [1.807, 2.05) is 0 Å². The van der Waals surface area contributed by atoms with Gasteiger partial charge in [-0.15, -0.1) is 0 Å². The van der Waals surface area contributed by atoms with E-state index >= 15 is 0 Å². The minimum atomic E-state index is -0.245. The first kappa shape index (κ1) is 58.6. The summed E-state index contributed by atoms with van der Waals surface area (Å²) in [5.41, 5.74) is 33.6. The summed E-state index contributed by atoms with van der Waals surface area (Å²) in [6, 6.07) is 105. The summed E-state index contributed by atoms with van der Waals surface area (Å²) in [6.07, 6.45) is 0. The molecule has 2 aliphatic heterocycles. The van der Waals surface area contributed by atoms with Crippen molar-refractivity contribution in [2.75, 3.05) is 4.90 Å². The topological polar surface area (TPSA) is 3.24 Å². The largest absolute Gasteiger partial charge is 0.313 e. The molecular formula is C90H81B2N. The number of rotatable bonds is 9. The van der Waals surface area contributed by atoms with Crippen molar-refractivity contribution in [3.05, 3.63) is 295 Å². The van der Waals surface area contributed by atoms with Crippen LogP contribution in [0.1, 0.15) is 105 Å². The first-order valence-corrected chi connectivity index (χ1v) is 33.8. The number of hydrogen-bond donors (Lipinski definition) is 0. The Morgan fingerprint density at radius 1 is 0.226 bits per heavy atom. The standard InChI is InChI=1S/C90H81B2N/c1-85(2)72-54-76-80(56-74(72)87(5,6)89(85,9)10)93-81-57-75-73(86(3,4)90(11,12)88(75,7)8)55-77(81)92(83-70(63-44-30-18-31-45-63)50-66(59-36-22-14-23-37-59)51-71(83)64-46-32-19-33-47-64)79-53-67(60-38-24-15-25-39-60)52-78(84(79)93)91(76)82-68(61-40-26-16-27-41-61)48-65(58-34-20-13-21-35-58)49-69(82)62-42-28-17-29-43-62/h13-57H,1-12H3. The highest BCUT2D eigenvalue weighted by molar-refractivity contribution is 7.03. The van der Waals surface area contributed by atoms with Crippen LogP contribution >= 0.6 is 0 Å². The maximum absolute atomic E-state index is 2.83. The molecule has 1 nitrogen and oxygen atoms in total. The second kappa shape index (κ2) is 21.0. The molecule has 2 aliphatic carbocycles. The quantitative estimate of drug-likeness (QED) is 0.130. The van der Waals surface area contributed by atoms with Crippen LogP contribution < -0.4 is 37.7 Å². The molecule has 0 saturated heterocycles. The summed E-state index contributed by atoms with van der Waals surface area (Å²) in [6.45, 7) is 29.8. The Labute approximate surface area is 553 Å². The van der Waals surface area contributed by atoms with Gasteiger partial charge in [0.2, 0.25) is 13.4 Å². The van der Waals surface area contributed by atoms with Crippen molar-refractivity contribution in [1.82, 2.24) is 0 Å². The van der Waals surface area contributed by atoms with Crippen LogP contribution in [0.15, 0.2) is 273 Å². The van der Waals surface area contributed by atoms with E-state index in [0.29, 0.717) is 0 Å². The summed E-state index contributed by atoms with van der Waals surface area (Å²) >= 11 is 0. The van der Waals surface area contributed by atoms with E-state index in [1.54, 1.807) is 0 Å². The second-order valence-electron chi connectivity index (χ2n) is 30.4. The van der Waals surface area contributed by atoms with Crippen LogP contribution in [-0.2, 0) is 21.7 Å². The predicted octanol–water partition coefficient (Wildman–Crippen LogP) is 19.7. The van der Waals surface area contributed by atoms with Crippen LogP contribution in [0.3, 0.4) is 0 Å². The second-order valence-corrected chi connectivity index (χ2v) is 30.4. The molecule has 0 bridgehead atoms. The highest BCUT2D eigenvalue weighted by Crippen LogP contribution is 2.64. The van der Waals surface area contributed by atoms with E-state index in [4.69, 9.17) is 0 Å². The van der Waals surface area contributed by atoms with E-state index in [0.717, 1.165) is 0 Å². The average Bonchev–Trinajstić information content (AvgIpc) is 1.65. The van der Waals surface area contributed by atoms with Gasteiger partial charge in [0.05, 0.1) is 0 Å². The highest BCUT2D eigenvalue weighted by atomic mass is 15.2. The molecule has 0 saturated carbocycles. The van der Waals surface area contributed by atoms with E-state index in [-0.39, 0.29) is 45.9 Å². The molecule has 16 rings (SSSR count). The third-order valence-electron chi connectivity index (χ3n) is 25.0. The van der Waals surface area contributed by atoms with Crippen LogP contribution in [0.4, 0.5) is 17.1 Å². The molecule has 0 spiro atoms. The highest BCUT2D eigenvalue weighted by Gasteiger charge is 2.60. The zero-order chi connectivity index (χ0) is 64.1. The summed E-state index contributed by atoms with van der Waals surface area (Å²) in [4.78, 5) is 2.83. The van der Waals surface area contributed by atoms with Gasteiger partial charge in [0.15, 0.2) is 0 Å². The van der Waals surface area contributed by atoms with E-state index in [9.17, 15) is 0 Å². The lowest BCUT2D eigenvalue weighted by Gasteiger charge is -2.46. The maximum Gasteiger partial charge on any atom is 0.248 e. The molecule has 0 fully saturated rings. The van der Waals surface area contributed by atoms with E-state index in [2.05, 4.69) is 361 Å².